The topological polar surface area (TPSA) is 92.8 Å². The van der Waals surface area contributed by atoms with Crippen LogP contribution >= 0.6 is 0 Å². The summed E-state index contributed by atoms with van der Waals surface area (Å²) in [4.78, 5) is 10.8. The lowest BCUT2D eigenvalue weighted by molar-refractivity contribution is -0.157. The van der Waals surface area contributed by atoms with Crippen LogP contribution in [0.15, 0.2) is 0 Å². The average Bonchev–Trinajstić information content (AvgIpc) is 2.75. The van der Waals surface area contributed by atoms with Crippen LogP contribution in [-0.2, 0) is 9.53 Å². The molecule has 2 aliphatic heterocycles. The number of fused-ring (bicyclic) bond motifs is 2. The fourth-order valence-electron chi connectivity index (χ4n) is 2.69. The van der Waals surface area contributed by atoms with Crippen molar-refractivity contribution >= 4 is 5.97 Å². The largest absolute Gasteiger partial charge is 0.479 e. The van der Waals surface area contributed by atoms with Gasteiger partial charge in [0.25, 0.3) is 0 Å². The predicted molar refractivity (Wildman–Crippen MR) is 47.6 cm³/mol. The molecule has 0 spiro atoms. The fraction of sp³-hybridized carbons (Fsp3) is 0.889. The summed E-state index contributed by atoms with van der Waals surface area (Å²) in [5, 5.41) is 18.4. The quantitative estimate of drug-likeness (QED) is 0.563. The second kappa shape index (κ2) is 3.18. The Labute approximate surface area is 81.9 Å². The first-order chi connectivity index (χ1) is 6.60. The summed E-state index contributed by atoms with van der Waals surface area (Å²) in [7, 11) is 0. The van der Waals surface area contributed by atoms with Gasteiger partial charge in [-0.25, -0.2) is 4.79 Å². The van der Waals surface area contributed by atoms with E-state index in [1.165, 1.54) is 0 Å². The molecular weight excluding hydrogens is 186 g/mol. The third kappa shape index (κ3) is 1.16. The first kappa shape index (κ1) is 9.89. The molecule has 2 aliphatic rings. The second-order valence-corrected chi connectivity index (χ2v) is 4.21. The number of carboxylic acids is 1. The number of carboxylic acid groups (broad SMARTS) is 1. The molecule has 0 aromatic rings. The van der Waals surface area contributed by atoms with Crippen LogP contribution < -0.4 is 5.73 Å². The van der Waals surface area contributed by atoms with Gasteiger partial charge < -0.3 is 20.7 Å². The van der Waals surface area contributed by atoms with Crippen LogP contribution in [0.2, 0.25) is 0 Å². The van der Waals surface area contributed by atoms with Crippen molar-refractivity contribution in [1.29, 1.82) is 0 Å². The number of aliphatic hydroxyl groups excluding tert-OH is 1. The highest BCUT2D eigenvalue weighted by molar-refractivity contribution is 5.73. The maximum Gasteiger partial charge on any atom is 0.333 e. The van der Waals surface area contributed by atoms with Gasteiger partial charge in [0.05, 0.1) is 12.2 Å². The second-order valence-electron chi connectivity index (χ2n) is 4.21. The van der Waals surface area contributed by atoms with Crippen LogP contribution in [0.1, 0.15) is 19.3 Å². The predicted octanol–water partition coefficient (Wildman–Crippen LogP) is -0.672. The van der Waals surface area contributed by atoms with Crippen LogP contribution in [0.5, 0.6) is 0 Å². The molecule has 0 aromatic carbocycles. The number of ether oxygens (including phenoxy) is 1. The van der Waals surface area contributed by atoms with Gasteiger partial charge >= 0.3 is 5.97 Å². The van der Waals surface area contributed by atoms with Gasteiger partial charge in [-0.1, -0.05) is 0 Å². The van der Waals surface area contributed by atoms with E-state index in [4.69, 9.17) is 15.6 Å². The van der Waals surface area contributed by atoms with Crippen LogP contribution in [-0.4, -0.2) is 41.0 Å². The molecule has 2 heterocycles. The van der Waals surface area contributed by atoms with Gasteiger partial charge in [-0.05, 0) is 19.3 Å². The minimum atomic E-state index is -1.40. The molecule has 2 bridgehead atoms. The van der Waals surface area contributed by atoms with E-state index in [0.717, 1.165) is 12.8 Å². The number of carbonyl (C=O) groups is 1. The van der Waals surface area contributed by atoms with E-state index in [2.05, 4.69) is 0 Å². The van der Waals surface area contributed by atoms with E-state index in [-0.39, 0.29) is 18.8 Å². The van der Waals surface area contributed by atoms with E-state index < -0.39 is 17.5 Å². The monoisotopic (exact) mass is 201 g/mol. The summed E-state index contributed by atoms with van der Waals surface area (Å²) in [5.41, 5.74) is 4.84. The lowest BCUT2D eigenvalue weighted by Crippen LogP contribution is -2.52. The van der Waals surface area contributed by atoms with Gasteiger partial charge in [-0.2, -0.15) is 0 Å². The zero-order chi connectivity index (χ0) is 10.3. The van der Waals surface area contributed by atoms with Crippen molar-refractivity contribution in [2.24, 2.45) is 11.1 Å². The Kier molecular flexibility index (Phi) is 2.25. The molecule has 0 radical (unpaired) electrons. The lowest BCUT2D eigenvalue weighted by atomic mass is 9.70. The zero-order valence-electron chi connectivity index (χ0n) is 7.85. The molecule has 0 amide bonds. The summed E-state index contributed by atoms with van der Waals surface area (Å²) in [5.74, 6) is -1.20. The third-order valence-electron chi connectivity index (χ3n) is 3.52. The highest BCUT2D eigenvalue weighted by Crippen LogP contribution is 2.49. The van der Waals surface area contributed by atoms with E-state index in [1.807, 2.05) is 0 Å². The molecule has 0 aromatic heterocycles. The SMILES string of the molecule is NCC1(C(O)C(=O)O)CC2CCC1O2. The summed E-state index contributed by atoms with van der Waals surface area (Å²) < 4.78 is 5.55. The number of hydrogen-bond donors (Lipinski definition) is 3. The molecule has 2 fully saturated rings. The van der Waals surface area contributed by atoms with Gasteiger partial charge in [0.15, 0.2) is 6.10 Å². The van der Waals surface area contributed by atoms with E-state index in [1.54, 1.807) is 0 Å². The molecular formula is C9H15NO4. The Hall–Kier alpha value is -0.650. The highest BCUT2D eigenvalue weighted by atomic mass is 16.5. The zero-order valence-corrected chi connectivity index (χ0v) is 7.85. The smallest absolute Gasteiger partial charge is 0.333 e. The maximum absolute atomic E-state index is 10.8. The van der Waals surface area contributed by atoms with Gasteiger partial charge in [0.2, 0.25) is 0 Å². The van der Waals surface area contributed by atoms with Crippen molar-refractivity contribution in [3.63, 3.8) is 0 Å². The Morgan fingerprint density at radius 3 is 2.71 bits per heavy atom. The normalized spacial score (nSPS) is 42.7. The van der Waals surface area contributed by atoms with E-state index in [0.29, 0.717) is 6.42 Å². The minimum Gasteiger partial charge on any atom is -0.479 e. The Bertz CT molecular complexity index is 257. The maximum atomic E-state index is 10.8. The third-order valence-corrected chi connectivity index (χ3v) is 3.52. The highest BCUT2D eigenvalue weighted by Gasteiger charge is 2.57. The number of hydrogen-bond acceptors (Lipinski definition) is 4. The number of aliphatic hydroxyl groups is 1. The molecule has 0 saturated carbocycles. The van der Waals surface area contributed by atoms with Gasteiger partial charge in [0.1, 0.15) is 0 Å². The van der Waals surface area contributed by atoms with Gasteiger partial charge in [0, 0.05) is 12.0 Å². The van der Waals surface area contributed by atoms with Gasteiger partial charge in [-0.3, -0.25) is 0 Å². The number of rotatable bonds is 3. The van der Waals surface area contributed by atoms with Crippen LogP contribution in [0.3, 0.4) is 0 Å². The van der Waals surface area contributed by atoms with Crippen molar-refractivity contribution < 1.29 is 19.7 Å². The minimum absolute atomic E-state index is 0.0950. The van der Waals surface area contributed by atoms with E-state index >= 15 is 0 Å². The molecule has 80 valence electrons. The van der Waals surface area contributed by atoms with Gasteiger partial charge in [-0.15, -0.1) is 0 Å². The molecule has 4 atom stereocenters. The van der Waals surface area contributed by atoms with E-state index in [9.17, 15) is 9.90 Å². The molecule has 5 heteroatoms. The molecule has 14 heavy (non-hydrogen) atoms. The van der Waals surface area contributed by atoms with Crippen molar-refractivity contribution in [3.8, 4) is 0 Å². The molecule has 2 saturated heterocycles. The lowest BCUT2D eigenvalue weighted by Gasteiger charge is -2.36. The van der Waals surface area contributed by atoms with Crippen LogP contribution in [0, 0.1) is 5.41 Å². The first-order valence-electron chi connectivity index (χ1n) is 4.86. The average molecular weight is 201 g/mol. The molecule has 4 N–H and O–H groups in total. The number of aliphatic carboxylic acids is 1. The number of nitrogens with two attached hydrogens (primary N) is 1. The summed E-state index contributed by atoms with van der Waals surface area (Å²) in [6.45, 7) is 0.168. The Morgan fingerprint density at radius 2 is 2.36 bits per heavy atom. The molecule has 5 nitrogen and oxygen atoms in total. The van der Waals surface area contributed by atoms with Crippen LogP contribution in [0.25, 0.3) is 0 Å². The Morgan fingerprint density at radius 1 is 1.64 bits per heavy atom. The standard InChI is InChI=1S/C9H15NO4/c10-4-9(7(11)8(12)13)3-5-1-2-6(9)14-5/h5-7,11H,1-4,10H2,(H,12,13). The van der Waals surface area contributed by atoms with Crippen LogP contribution in [0.4, 0.5) is 0 Å². The summed E-state index contributed by atoms with van der Waals surface area (Å²) >= 11 is 0. The van der Waals surface area contributed by atoms with Crippen molar-refractivity contribution in [2.45, 2.75) is 37.6 Å². The molecule has 4 unspecified atom stereocenters. The fourth-order valence-corrected chi connectivity index (χ4v) is 2.69. The Balaban J connectivity index is 2.22. The molecule has 0 aliphatic carbocycles. The first-order valence-corrected chi connectivity index (χ1v) is 4.86. The van der Waals surface area contributed by atoms with Crippen molar-refractivity contribution in [2.75, 3.05) is 6.54 Å². The van der Waals surface area contributed by atoms with Crippen molar-refractivity contribution in [1.82, 2.24) is 0 Å². The summed E-state index contributed by atoms with van der Waals surface area (Å²) in [6.07, 6.45) is 0.857. The summed E-state index contributed by atoms with van der Waals surface area (Å²) in [6, 6.07) is 0. The van der Waals surface area contributed by atoms with Crippen molar-refractivity contribution in [3.05, 3.63) is 0 Å². The molecule has 2 rings (SSSR count).